The first kappa shape index (κ1) is 18.6. The molecule has 0 aromatic heterocycles. The smallest absolute Gasteiger partial charge is 0.410 e. The summed E-state index contributed by atoms with van der Waals surface area (Å²) in [6, 6.07) is 5.65. The zero-order valence-electron chi connectivity index (χ0n) is 14.6. The molecule has 1 aliphatic heterocycles. The molecule has 0 bridgehead atoms. The second-order valence-corrected chi connectivity index (χ2v) is 6.77. The van der Waals surface area contributed by atoms with Gasteiger partial charge in [-0.15, -0.1) is 0 Å². The first-order chi connectivity index (χ1) is 11.7. The van der Waals surface area contributed by atoms with E-state index in [2.05, 4.69) is 5.32 Å². The fourth-order valence-corrected chi connectivity index (χ4v) is 2.32. The van der Waals surface area contributed by atoms with Crippen molar-refractivity contribution in [3.63, 3.8) is 0 Å². The van der Waals surface area contributed by atoms with Crippen LogP contribution >= 0.6 is 0 Å². The maximum Gasteiger partial charge on any atom is 0.410 e. The van der Waals surface area contributed by atoms with Crippen LogP contribution in [0, 0.1) is 0 Å². The number of carboxylic acids is 1. The summed E-state index contributed by atoms with van der Waals surface area (Å²) in [5.74, 6) is -1.02. The van der Waals surface area contributed by atoms with Crippen molar-refractivity contribution in [2.45, 2.75) is 26.4 Å². The minimum atomic E-state index is -1.02. The van der Waals surface area contributed by atoms with Crippen LogP contribution in [0.25, 0.3) is 0 Å². The van der Waals surface area contributed by atoms with E-state index in [1.54, 1.807) is 9.80 Å². The minimum Gasteiger partial charge on any atom is -0.478 e. The molecular weight excluding hydrogens is 326 g/mol. The number of ether oxygens (including phenoxy) is 1. The average molecular weight is 349 g/mol. The highest BCUT2D eigenvalue weighted by Gasteiger charge is 2.27. The van der Waals surface area contributed by atoms with E-state index in [9.17, 15) is 14.4 Å². The predicted molar refractivity (Wildman–Crippen MR) is 91.8 cm³/mol. The molecule has 0 aliphatic carbocycles. The van der Waals surface area contributed by atoms with Gasteiger partial charge in [0.25, 0.3) is 0 Å². The molecule has 2 rings (SSSR count). The number of piperazine rings is 1. The van der Waals surface area contributed by atoms with Crippen LogP contribution in [0.1, 0.15) is 31.1 Å². The van der Waals surface area contributed by atoms with E-state index in [1.165, 1.54) is 24.3 Å². The Balaban J connectivity index is 1.84. The van der Waals surface area contributed by atoms with Crippen LogP contribution in [0.15, 0.2) is 24.3 Å². The number of aromatic carboxylic acids is 1. The van der Waals surface area contributed by atoms with Gasteiger partial charge in [0.05, 0.1) is 5.56 Å². The lowest BCUT2D eigenvalue weighted by Gasteiger charge is -2.35. The van der Waals surface area contributed by atoms with Gasteiger partial charge in [-0.3, -0.25) is 0 Å². The van der Waals surface area contributed by atoms with Gasteiger partial charge in [0.15, 0.2) is 0 Å². The minimum absolute atomic E-state index is 0.156. The second kappa shape index (κ2) is 7.42. The first-order valence-electron chi connectivity index (χ1n) is 8.03. The summed E-state index contributed by atoms with van der Waals surface area (Å²) < 4.78 is 5.32. The molecule has 0 spiro atoms. The number of anilines is 1. The number of carbonyl (C=O) groups excluding carboxylic acids is 2. The lowest BCUT2D eigenvalue weighted by atomic mass is 10.2. The summed E-state index contributed by atoms with van der Waals surface area (Å²) in [5.41, 5.74) is 0.127. The van der Waals surface area contributed by atoms with E-state index in [0.717, 1.165) is 0 Å². The highest BCUT2D eigenvalue weighted by atomic mass is 16.6. The number of nitrogens with one attached hydrogen (secondary N) is 1. The summed E-state index contributed by atoms with van der Waals surface area (Å²) in [4.78, 5) is 38.3. The number of carboxylic acid groups (broad SMARTS) is 1. The molecule has 3 amide bonds. The standard InChI is InChI=1S/C17H23N3O5/c1-17(2,3)25-16(24)20-10-8-19(9-11-20)15(23)18-13-6-4-12(5-7-13)14(21)22/h4-7H,8-11H2,1-3H3,(H,18,23)(H,21,22). The second-order valence-electron chi connectivity index (χ2n) is 6.77. The Morgan fingerprint density at radius 2 is 1.52 bits per heavy atom. The number of hydrogen-bond acceptors (Lipinski definition) is 4. The highest BCUT2D eigenvalue weighted by Crippen LogP contribution is 2.14. The van der Waals surface area contributed by atoms with Crippen molar-refractivity contribution < 1.29 is 24.2 Å². The Morgan fingerprint density at radius 3 is 2.00 bits per heavy atom. The Hall–Kier alpha value is -2.77. The van der Waals surface area contributed by atoms with Crippen LogP contribution in [0.4, 0.5) is 15.3 Å². The number of nitrogens with zero attached hydrogens (tertiary/aromatic N) is 2. The molecule has 0 unspecified atom stereocenters. The zero-order chi connectivity index (χ0) is 18.6. The summed E-state index contributed by atoms with van der Waals surface area (Å²) in [5, 5.41) is 11.6. The van der Waals surface area contributed by atoms with Crippen LogP contribution in [-0.4, -0.2) is 64.8 Å². The zero-order valence-corrected chi connectivity index (χ0v) is 14.6. The largest absolute Gasteiger partial charge is 0.478 e. The molecule has 1 heterocycles. The van der Waals surface area contributed by atoms with Gasteiger partial charge in [-0.1, -0.05) is 0 Å². The number of carbonyl (C=O) groups is 3. The van der Waals surface area contributed by atoms with E-state index in [1.807, 2.05) is 20.8 Å². The molecule has 1 aliphatic rings. The van der Waals surface area contributed by atoms with E-state index >= 15 is 0 Å². The number of urea groups is 1. The van der Waals surface area contributed by atoms with Gasteiger partial charge in [0, 0.05) is 31.9 Å². The Kier molecular flexibility index (Phi) is 5.51. The van der Waals surface area contributed by atoms with Crippen LogP contribution in [-0.2, 0) is 4.74 Å². The monoisotopic (exact) mass is 349 g/mol. The molecule has 0 radical (unpaired) electrons. The van der Waals surface area contributed by atoms with Gasteiger partial charge >= 0.3 is 18.1 Å². The van der Waals surface area contributed by atoms with Crippen molar-refractivity contribution in [3.8, 4) is 0 Å². The molecule has 1 saturated heterocycles. The van der Waals surface area contributed by atoms with Crippen LogP contribution in [0.2, 0.25) is 0 Å². The summed E-state index contributed by atoms with van der Waals surface area (Å²) in [6.07, 6.45) is -0.378. The fraction of sp³-hybridized carbons (Fsp3) is 0.471. The molecule has 0 saturated carbocycles. The van der Waals surface area contributed by atoms with Gasteiger partial charge in [0.2, 0.25) is 0 Å². The number of rotatable bonds is 2. The van der Waals surface area contributed by atoms with Crippen molar-refractivity contribution >= 4 is 23.8 Å². The Morgan fingerprint density at radius 1 is 1.00 bits per heavy atom. The molecule has 8 nitrogen and oxygen atoms in total. The van der Waals surface area contributed by atoms with E-state index in [0.29, 0.717) is 31.9 Å². The van der Waals surface area contributed by atoms with Crippen molar-refractivity contribution in [2.75, 3.05) is 31.5 Å². The quantitative estimate of drug-likeness (QED) is 0.854. The maximum absolute atomic E-state index is 12.3. The number of hydrogen-bond donors (Lipinski definition) is 2. The Labute approximate surface area is 146 Å². The average Bonchev–Trinajstić information content (AvgIpc) is 2.54. The van der Waals surface area contributed by atoms with E-state index in [-0.39, 0.29) is 17.7 Å². The van der Waals surface area contributed by atoms with Gasteiger partial charge in [-0.25, -0.2) is 14.4 Å². The van der Waals surface area contributed by atoms with Crippen molar-refractivity contribution in [1.29, 1.82) is 0 Å². The predicted octanol–water partition coefficient (Wildman–Crippen LogP) is 2.47. The molecule has 1 fully saturated rings. The maximum atomic E-state index is 12.3. The van der Waals surface area contributed by atoms with Gasteiger partial charge in [0.1, 0.15) is 5.60 Å². The van der Waals surface area contributed by atoms with Crippen molar-refractivity contribution in [1.82, 2.24) is 9.80 Å². The van der Waals surface area contributed by atoms with Crippen molar-refractivity contribution in [2.24, 2.45) is 0 Å². The molecule has 25 heavy (non-hydrogen) atoms. The molecule has 2 N–H and O–H groups in total. The summed E-state index contributed by atoms with van der Waals surface area (Å²) in [7, 11) is 0. The first-order valence-corrected chi connectivity index (χ1v) is 8.03. The molecule has 1 aromatic carbocycles. The van der Waals surface area contributed by atoms with Crippen LogP contribution in [0.3, 0.4) is 0 Å². The lowest BCUT2D eigenvalue weighted by molar-refractivity contribution is 0.0174. The summed E-state index contributed by atoms with van der Waals surface area (Å²) in [6.45, 7) is 7.04. The number of benzene rings is 1. The van der Waals surface area contributed by atoms with E-state index in [4.69, 9.17) is 9.84 Å². The molecule has 1 aromatic rings. The third-order valence-corrected chi connectivity index (χ3v) is 3.60. The van der Waals surface area contributed by atoms with Gasteiger partial charge < -0.3 is 25.0 Å². The SMILES string of the molecule is CC(C)(C)OC(=O)N1CCN(C(=O)Nc2ccc(C(=O)O)cc2)CC1. The topological polar surface area (TPSA) is 99.2 Å². The highest BCUT2D eigenvalue weighted by molar-refractivity contribution is 5.91. The van der Waals surface area contributed by atoms with E-state index < -0.39 is 11.6 Å². The fourth-order valence-electron chi connectivity index (χ4n) is 2.32. The van der Waals surface area contributed by atoms with Gasteiger partial charge in [-0.05, 0) is 45.0 Å². The number of amides is 3. The van der Waals surface area contributed by atoms with Crippen LogP contribution < -0.4 is 5.32 Å². The molecule has 8 heteroatoms. The van der Waals surface area contributed by atoms with Crippen LogP contribution in [0.5, 0.6) is 0 Å². The molecular formula is C17H23N3O5. The lowest BCUT2D eigenvalue weighted by Crippen LogP contribution is -2.52. The summed E-state index contributed by atoms with van der Waals surface area (Å²) >= 11 is 0. The third-order valence-electron chi connectivity index (χ3n) is 3.60. The molecule has 0 atom stereocenters. The Bertz CT molecular complexity index is 643. The third kappa shape index (κ3) is 5.37. The van der Waals surface area contributed by atoms with Gasteiger partial charge in [-0.2, -0.15) is 0 Å². The molecule has 136 valence electrons. The van der Waals surface area contributed by atoms with Crippen molar-refractivity contribution in [3.05, 3.63) is 29.8 Å². The normalized spacial score (nSPS) is 14.8.